The van der Waals surface area contributed by atoms with E-state index >= 15 is 4.39 Å². The molecule has 11 heteroatoms. The number of nitriles is 1. The first-order valence-corrected chi connectivity index (χ1v) is 17.5. The SMILES string of the molecule is CC(C)(C)OC(=O)N1C2CCC1CN(c1nc(OCC34CCCN3CCC4)nc3c(F)c(-c4cccc5cccc(CC#N)c45)ncc13)C2. The predicted molar refractivity (Wildman–Crippen MR) is 185 cm³/mol. The molecule has 4 saturated heterocycles. The maximum Gasteiger partial charge on any atom is 0.410 e. The largest absolute Gasteiger partial charge is 0.461 e. The van der Waals surface area contributed by atoms with Gasteiger partial charge in [0.15, 0.2) is 5.82 Å². The molecule has 10 nitrogen and oxygen atoms in total. The molecule has 4 aliphatic rings. The Bertz CT molecular complexity index is 1960. The molecule has 254 valence electrons. The zero-order valence-electron chi connectivity index (χ0n) is 28.4. The lowest BCUT2D eigenvalue weighted by Gasteiger charge is -2.42. The molecular formula is C38H42FN7O3. The summed E-state index contributed by atoms with van der Waals surface area (Å²) in [4.78, 5) is 34.1. The Morgan fingerprint density at radius 1 is 1.06 bits per heavy atom. The van der Waals surface area contributed by atoms with Gasteiger partial charge in [0.1, 0.15) is 29.2 Å². The highest BCUT2D eigenvalue weighted by molar-refractivity contribution is 6.01. The number of ether oxygens (including phenoxy) is 2. The summed E-state index contributed by atoms with van der Waals surface area (Å²) in [7, 11) is 0. The zero-order chi connectivity index (χ0) is 33.9. The van der Waals surface area contributed by atoms with Crippen molar-refractivity contribution in [1.29, 1.82) is 5.26 Å². The number of piperazine rings is 1. The fourth-order valence-electron chi connectivity index (χ4n) is 8.71. The van der Waals surface area contributed by atoms with Gasteiger partial charge in [0, 0.05) is 24.8 Å². The number of benzene rings is 2. The van der Waals surface area contributed by atoms with Crippen molar-refractivity contribution in [3.63, 3.8) is 0 Å². The molecule has 0 radical (unpaired) electrons. The van der Waals surface area contributed by atoms with Crippen LogP contribution in [0.1, 0.15) is 64.9 Å². The lowest BCUT2D eigenvalue weighted by Crippen LogP contribution is -2.57. The van der Waals surface area contributed by atoms with Crippen LogP contribution in [0.3, 0.4) is 0 Å². The molecule has 0 N–H and O–H groups in total. The summed E-state index contributed by atoms with van der Waals surface area (Å²) in [5, 5.41) is 11.8. The number of rotatable bonds is 6. The number of pyridine rings is 1. The Morgan fingerprint density at radius 3 is 2.47 bits per heavy atom. The molecule has 2 unspecified atom stereocenters. The monoisotopic (exact) mass is 663 g/mol. The highest BCUT2D eigenvalue weighted by atomic mass is 19.1. The molecule has 0 aliphatic carbocycles. The van der Waals surface area contributed by atoms with Crippen LogP contribution in [0.15, 0.2) is 42.6 Å². The van der Waals surface area contributed by atoms with Crippen LogP contribution in [-0.2, 0) is 11.2 Å². The number of anilines is 1. The Morgan fingerprint density at radius 2 is 1.78 bits per heavy atom. The van der Waals surface area contributed by atoms with Crippen molar-refractivity contribution in [2.24, 2.45) is 0 Å². The smallest absolute Gasteiger partial charge is 0.410 e. The third-order valence-electron chi connectivity index (χ3n) is 10.8. The lowest BCUT2D eigenvalue weighted by atomic mass is 9.95. The molecule has 0 saturated carbocycles. The van der Waals surface area contributed by atoms with E-state index in [4.69, 9.17) is 24.4 Å². The van der Waals surface area contributed by atoms with Crippen LogP contribution in [0.2, 0.25) is 0 Å². The summed E-state index contributed by atoms with van der Waals surface area (Å²) in [6, 6.07) is 13.8. The van der Waals surface area contributed by atoms with Crippen LogP contribution in [-0.4, -0.2) is 86.9 Å². The van der Waals surface area contributed by atoms with Crippen LogP contribution < -0.4 is 9.64 Å². The number of carbonyl (C=O) groups excluding carboxylic acids is 1. The maximum atomic E-state index is 17.0. The van der Waals surface area contributed by atoms with E-state index in [9.17, 15) is 10.1 Å². The first-order chi connectivity index (χ1) is 23.6. The molecule has 4 fully saturated rings. The van der Waals surface area contributed by atoms with E-state index in [-0.39, 0.29) is 47.4 Å². The number of hydrogen-bond donors (Lipinski definition) is 0. The number of carbonyl (C=O) groups is 1. The van der Waals surface area contributed by atoms with Gasteiger partial charge in [0.05, 0.1) is 35.5 Å². The molecule has 2 atom stereocenters. The van der Waals surface area contributed by atoms with Crippen molar-refractivity contribution >= 4 is 33.6 Å². The number of nitrogens with zero attached hydrogens (tertiary/aromatic N) is 7. The van der Waals surface area contributed by atoms with Crippen molar-refractivity contribution in [3.05, 3.63) is 54.0 Å². The van der Waals surface area contributed by atoms with E-state index in [1.165, 1.54) is 0 Å². The Balaban J connectivity index is 1.21. The summed E-state index contributed by atoms with van der Waals surface area (Å²) in [5.74, 6) is 0.0103. The van der Waals surface area contributed by atoms with Gasteiger partial charge in [0.2, 0.25) is 0 Å². The molecule has 0 spiro atoms. The van der Waals surface area contributed by atoms with E-state index in [0.29, 0.717) is 36.5 Å². The predicted octanol–water partition coefficient (Wildman–Crippen LogP) is 6.65. The van der Waals surface area contributed by atoms with Gasteiger partial charge in [0.25, 0.3) is 0 Å². The fourth-order valence-corrected chi connectivity index (χ4v) is 8.71. The average molecular weight is 664 g/mol. The number of halogens is 1. The number of hydrogen-bond acceptors (Lipinski definition) is 9. The third-order valence-corrected chi connectivity index (χ3v) is 10.8. The second-order valence-electron chi connectivity index (χ2n) is 15.1. The lowest BCUT2D eigenvalue weighted by molar-refractivity contribution is 0.0122. The third kappa shape index (κ3) is 5.60. The molecule has 4 aromatic rings. The topological polar surface area (TPSA) is 108 Å². The molecule has 4 aliphatic heterocycles. The summed E-state index contributed by atoms with van der Waals surface area (Å²) in [6.07, 6.45) is 7.69. The van der Waals surface area contributed by atoms with Crippen LogP contribution in [0.25, 0.3) is 32.9 Å². The molecule has 1 amide bonds. The van der Waals surface area contributed by atoms with E-state index in [2.05, 4.69) is 15.9 Å². The highest BCUT2D eigenvalue weighted by Gasteiger charge is 2.46. The van der Waals surface area contributed by atoms with Gasteiger partial charge in [-0.2, -0.15) is 15.2 Å². The van der Waals surface area contributed by atoms with Crippen LogP contribution in [0.5, 0.6) is 6.01 Å². The second-order valence-corrected chi connectivity index (χ2v) is 15.1. The number of fused-ring (bicyclic) bond motifs is 5. The van der Waals surface area contributed by atoms with Gasteiger partial charge in [-0.3, -0.25) is 14.8 Å². The summed E-state index contributed by atoms with van der Waals surface area (Å²) >= 11 is 0. The van der Waals surface area contributed by atoms with Gasteiger partial charge in [-0.25, -0.2) is 9.18 Å². The van der Waals surface area contributed by atoms with Crippen molar-refractivity contribution in [1.82, 2.24) is 24.8 Å². The van der Waals surface area contributed by atoms with Gasteiger partial charge in [-0.15, -0.1) is 0 Å². The highest BCUT2D eigenvalue weighted by Crippen LogP contribution is 2.41. The number of amides is 1. The molecule has 2 bridgehead atoms. The van der Waals surface area contributed by atoms with Gasteiger partial charge in [-0.1, -0.05) is 36.4 Å². The van der Waals surface area contributed by atoms with E-state index < -0.39 is 11.4 Å². The Hall–Kier alpha value is -4.56. The van der Waals surface area contributed by atoms with Gasteiger partial charge in [-0.05, 0) is 88.7 Å². The standard InChI is InChI=1S/C38H42FN7O3/c1-37(2,3)49-36(47)46-26-12-13-27(46)22-44(21-26)34-29-20-41-32(28-11-5-10-24-8-4-9-25(14-17-40)30(24)28)31(39)33(29)42-35(43-34)48-23-38-15-6-18-45(38)19-7-16-38/h4-5,8-11,20,26-27H,6-7,12-16,18-19,21-23H2,1-3H3. The first-order valence-electron chi connectivity index (χ1n) is 17.5. The molecule has 8 rings (SSSR count). The van der Waals surface area contributed by atoms with Crippen molar-refractivity contribution < 1.29 is 18.7 Å². The Kier molecular flexibility index (Phi) is 7.82. The normalized spacial score (nSPS) is 21.7. The van der Waals surface area contributed by atoms with Crippen molar-refractivity contribution in [2.75, 3.05) is 37.7 Å². The zero-order valence-corrected chi connectivity index (χ0v) is 28.4. The molecule has 49 heavy (non-hydrogen) atoms. The first kappa shape index (κ1) is 31.7. The van der Waals surface area contributed by atoms with Gasteiger partial charge < -0.3 is 14.4 Å². The van der Waals surface area contributed by atoms with Crippen LogP contribution in [0.4, 0.5) is 15.0 Å². The number of aromatic nitrogens is 3. The van der Waals surface area contributed by atoms with Gasteiger partial charge >= 0.3 is 12.1 Å². The van der Waals surface area contributed by atoms with E-state index in [1.807, 2.05) is 62.1 Å². The minimum Gasteiger partial charge on any atom is -0.461 e. The maximum absolute atomic E-state index is 17.0. The molecule has 2 aromatic carbocycles. The van der Waals surface area contributed by atoms with E-state index in [1.54, 1.807) is 6.20 Å². The minimum absolute atomic E-state index is 0.0291. The molecular weight excluding hydrogens is 621 g/mol. The quantitative estimate of drug-likeness (QED) is 0.224. The van der Waals surface area contributed by atoms with Crippen LogP contribution in [0, 0.1) is 17.1 Å². The average Bonchev–Trinajstić information content (AvgIpc) is 3.74. The fraction of sp³-hybridized carbons (Fsp3) is 0.500. The summed E-state index contributed by atoms with van der Waals surface area (Å²) in [5.41, 5.74) is 1.13. The van der Waals surface area contributed by atoms with Crippen LogP contribution >= 0.6 is 0 Å². The molecule has 6 heterocycles. The summed E-state index contributed by atoms with van der Waals surface area (Å²) < 4.78 is 29.2. The Labute approximate surface area is 285 Å². The van der Waals surface area contributed by atoms with Crippen molar-refractivity contribution in [2.45, 2.75) is 88.9 Å². The summed E-state index contributed by atoms with van der Waals surface area (Å²) in [6.45, 7) is 9.30. The van der Waals surface area contributed by atoms with Crippen molar-refractivity contribution in [3.8, 4) is 23.3 Å². The minimum atomic E-state index is -0.586. The second kappa shape index (κ2) is 12.1. The van der Waals surface area contributed by atoms with E-state index in [0.717, 1.165) is 68.0 Å². The molecule has 2 aromatic heterocycles.